The number of halogens is 1. The van der Waals surface area contributed by atoms with Gasteiger partial charge >= 0.3 is 0 Å². The van der Waals surface area contributed by atoms with Gasteiger partial charge in [-0.1, -0.05) is 0 Å². The van der Waals surface area contributed by atoms with Crippen LogP contribution in [0.5, 0.6) is 0 Å². The summed E-state index contributed by atoms with van der Waals surface area (Å²) in [5, 5.41) is 10.4. The Bertz CT molecular complexity index is 406. The number of aliphatic hydroxyl groups is 1. The summed E-state index contributed by atoms with van der Waals surface area (Å²) in [7, 11) is 0. The lowest BCUT2D eigenvalue weighted by Crippen LogP contribution is -2.53. The van der Waals surface area contributed by atoms with Gasteiger partial charge in [-0.05, 0) is 19.9 Å². The smallest absolute Gasteiger partial charge is 0.141 e. The molecule has 1 saturated heterocycles. The third-order valence-electron chi connectivity index (χ3n) is 3.54. The van der Waals surface area contributed by atoms with E-state index in [2.05, 4.69) is 9.88 Å². The Morgan fingerprint density at radius 2 is 2.06 bits per heavy atom. The molecule has 1 atom stereocenters. The molecule has 1 fully saturated rings. The highest BCUT2D eigenvalue weighted by atomic mass is 19.1. The van der Waals surface area contributed by atoms with Crippen LogP contribution < -0.4 is 0 Å². The summed E-state index contributed by atoms with van der Waals surface area (Å²) < 4.78 is 18.5. The molecule has 4 nitrogen and oxygen atoms in total. The Hall–Kier alpha value is -1.04. The summed E-state index contributed by atoms with van der Waals surface area (Å²) in [5.74, 6) is -0.427. The maximum Gasteiger partial charge on any atom is 0.141 e. The van der Waals surface area contributed by atoms with E-state index < -0.39 is 17.5 Å². The van der Waals surface area contributed by atoms with Crippen molar-refractivity contribution in [3.05, 3.63) is 29.8 Å². The van der Waals surface area contributed by atoms with Crippen molar-refractivity contribution in [2.24, 2.45) is 0 Å². The Morgan fingerprint density at radius 3 is 2.67 bits per heavy atom. The van der Waals surface area contributed by atoms with E-state index in [1.807, 2.05) is 13.8 Å². The summed E-state index contributed by atoms with van der Waals surface area (Å²) in [6, 6.07) is 1.33. The zero-order chi connectivity index (χ0) is 13.2. The molecule has 2 heterocycles. The van der Waals surface area contributed by atoms with Gasteiger partial charge in [-0.15, -0.1) is 0 Å². The van der Waals surface area contributed by atoms with Crippen LogP contribution in [-0.4, -0.2) is 46.8 Å². The number of ether oxygens (including phenoxy) is 1. The molecule has 0 aliphatic carbocycles. The first-order chi connectivity index (χ1) is 8.51. The number of rotatable bonds is 3. The van der Waals surface area contributed by atoms with E-state index >= 15 is 0 Å². The lowest BCUT2D eigenvalue weighted by Gasteiger charge is -2.43. The number of pyridine rings is 1. The highest BCUT2D eigenvalue weighted by Crippen LogP contribution is 2.31. The van der Waals surface area contributed by atoms with Gasteiger partial charge in [0.05, 0.1) is 25.5 Å². The minimum absolute atomic E-state index is 0.427. The van der Waals surface area contributed by atoms with E-state index in [9.17, 15) is 9.50 Å². The highest BCUT2D eigenvalue weighted by molar-refractivity contribution is 5.17. The lowest BCUT2D eigenvalue weighted by atomic mass is 9.90. The van der Waals surface area contributed by atoms with Crippen molar-refractivity contribution in [3.63, 3.8) is 0 Å². The molecular formula is C13H19FN2O2. The van der Waals surface area contributed by atoms with E-state index in [1.54, 1.807) is 0 Å². The molecular weight excluding hydrogens is 235 g/mol. The number of nitrogens with zero attached hydrogens (tertiary/aromatic N) is 2. The number of aromatic nitrogens is 1. The number of morpholine rings is 1. The second kappa shape index (κ2) is 5.30. The summed E-state index contributed by atoms with van der Waals surface area (Å²) in [4.78, 5) is 5.94. The average molecular weight is 254 g/mol. The van der Waals surface area contributed by atoms with E-state index in [4.69, 9.17) is 4.74 Å². The fourth-order valence-corrected chi connectivity index (χ4v) is 2.30. The molecule has 1 N–H and O–H groups in total. The zero-order valence-corrected chi connectivity index (χ0v) is 10.8. The molecule has 100 valence electrons. The molecule has 1 aromatic heterocycles. The van der Waals surface area contributed by atoms with Crippen LogP contribution in [0.25, 0.3) is 0 Å². The molecule has 0 saturated carbocycles. The zero-order valence-electron chi connectivity index (χ0n) is 10.8. The van der Waals surface area contributed by atoms with Gasteiger partial charge in [0.1, 0.15) is 5.82 Å². The van der Waals surface area contributed by atoms with E-state index in [-0.39, 0.29) is 0 Å². The van der Waals surface area contributed by atoms with Gasteiger partial charge in [0.25, 0.3) is 0 Å². The van der Waals surface area contributed by atoms with Gasteiger partial charge in [0.2, 0.25) is 0 Å². The molecule has 1 aliphatic heterocycles. The normalized spacial score (nSPS) is 19.8. The standard InChI is InChI=1S/C13H19FN2O2/c1-13(2,16-3-5-18-6-4-16)12(17)10-7-11(14)9-15-8-10/h7-9,12,17H,3-6H2,1-2H3. The second-order valence-corrected chi connectivity index (χ2v) is 5.09. The number of hydrogen-bond acceptors (Lipinski definition) is 4. The molecule has 0 bridgehead atoms. The molecule has 0 radical (unpaired) electrons. The minimum atomic E-state index is -0.779. The second-order valence-electron chi connectivity index (χ2n) is 5.09. The summed E-state index contributed by atoms with van der Waals surface area (Å²) >= 11 is 0. The first-order valence-corrected chi connectivity index (χ1v) is 6.13. The van der Waals surface area contributed by atoms with Crippen LogP contribution >= 0.6 is 0 Å². The van der Waals surface area contributed by atoms with E-state index in [0.29, 0.717) is 18.8 Å². The average Bonchev–Trinajstić information content (AvgIpc) is 2.39. The maximum absolute atomic E-state index is 13.2. The van der Waals surface area contributed by atoms with Crippen LogP contribution in [0, 0.1) is 5.82 Å². The van der Waals surface area contributed by atoms with Gasteiger partial charge < -0.3 is 9.84 Å². The van der Waals surface area contributed by atoms with Crippen LogP contribution in [-0.2, 0) is 4.74 Å². The fraction of sp³-hybridized carbons (Fsp3) is 0.615. The molecule has 0 aromatic carbocycles. The predicted octanol–water partition coefficient (Wildman–Crippen LogP) is 1.36. The van der Waals surface area contributed by atoms with Crippen molar-refractivity contribution < 1.29 is 14.2 Å². The molecule has 5 heteroatoms. The molecule has 0 amide bonds. The van der Waals surface area contributed by atoms with Gasteiger partial charge in [0.15, 0.2) is 0 Å². The summed E-state index contributed by atoms with van der Waals surface area (Å²) in [6.45, 7) is 6.77. The van der Waals surface area contributed by atoms with Crippen molar-refractivity contribution in [1.82, 2.24) is 9.88 Å². The molecule has 1 aromatic rings. The number of hydrogen-bond donors (Lipinski definition) is 1. The van der Waals surface area contributed by atoms with Crippen LogP contribution in [0.4, 0.5) is 4.39 Å². The summed E-state index contributed by atoms with van der Waals surface area (Å²) in [5.41, 5.74) is 0.0330. The first kappa shape index (κ1) is 13.4. The monoisotopic (exact) mass is 254 g/mol. The molecule has 0 spiro atoms. The first-order valence-electron chi connectivity index (χ1n) is 6.13. The van der Waals surface area contributed by atoms with Gasteiger partial charge in [-0.3, -0.25) is 9.88 Å². The Balaban J connectivity index is 2.17. The van der Waals surface area contributed by atoms with Crippen LogP contribution in [0.2, 0.25) is 0 Å². The van der Waals surface area contributed by atoms with E-state index in [1.165, 1.54) is 12.3 Å². The molecule has 18 heavy (non-hydrogen) atoms. The lowest BCUT2D eigenvalue weighted by molar-refractivity contribution is -0.0632. The van der Waals surface area contributed by atoms with Crippen molar-refractivity contribution in [2.75, 3.05) is 26.3 Å². The third-order valence-corrected chi connectivity index (χ3v) is 3.54. The SMILES string of the molecule is CC(C)(C(O)c1cncc(F)c1)N1CCOCC1. The maximum atomic E-state index is 13.2. The minimum Gasteiger partial charge on any atom is -0.386 e. The van der Waals surface area contributed by atoms with Gasteiger partial charge in [-0.25, -0.2) is 4.39 Å². The Kier molecular flexibility index (Phi) is 3.94. The largest absolute Gasteiger partial charge is 0.386 e. The fourth-order valence-electron chi connectivity index (χ4n) is 2.30. The molecule has 1 unspecified atom stereocenters. The van der Waals surface area contributed by atoms with Gasteiger partial charge in [-0.2, -0.15) is 0 Å². The van der Waals surface area contributed by atoms with Crippen LogP contribution in [0.3, 0.4) is 0 Å². The predicted molar refractivity (Wildman–Crippen MR) is 65.6 cm³/mol. The van der Waals surface area contributed by atoms with E-state index in [0.717, 1.165) is 19.3 Å². The highest BCUT2D eigenvalue weighted by Gasteiger charge is 2.36. The number of aliphatic hydroxyl groups excluding tert-OH is 1. The van der Waals surface area contributed by atoms with Gasteiger partial charge in [0, 0.05) is 30.4 Å². The Labute approximate surface area is 106 Å². The molecule has 1 aliphatic rings. The van der Waals surface area contributed by atoms with Crippen molar-refractivity contribution >= 4 is 0 Å². The Morgan fingerprint density at radius 1 is 1.39 bits per heavy atom. The quantitative estimate of drug-likeness (QED) is 0.884. The molecule has 2 rings (SSSR count). The van der Waals surface area contributed by atoms with Crippen LogP contribution in [0.1, 0.15) is 25.5 Å². The van der Waals surface area contributed by atoms with Crippen molar-refractivity contribution in [1.29, 1.82) is 0 Å². The van der Waals surface area contributed by atoms with Crippen molar-refractivity contribution in [3.8, 4) is 0 Å². The topological polar surface area (TPSA) is 45.6 Å². The van der Waals surface area contributed by atoms with Crippen molar-refractivity contribution in [2.45, 2.75) is 25.5 Å². The third kappa shape index (κ3) is 2.68. The summed E-state index contributed by atoms with van der Waals surface area (Å²) in [6.07, 6.45) is 1.87. The van der Waals surface area contributed by atoms with Crippen LogP contribution in [0.15, 0.2) is 18.5 Å².